The van der Waals surface area contributed by atoms with Crippen LogP contribution in [0.3, 0.4) is 0 Å². The first-order valence-electron chi connectivity index (χ1n) is 26.5. The summed E-state index contributed by atoms with van der Waals surface area (Å²) in [6.07, 6.45) is -0.362. The van der Waals surface area contributed by atoms with E-state index in [1.807, 2.05) is 12.1 Å². The lowest BCUT2D eigenvalue weighted by Crippen LogP contribution is -2.55. The minimum atomic E-state index is -1.59. The number of aliphatic carboxylic acids is 2. The molecule has 0 radical (unpaired) electrons. The number of thiol groups is 1. The molecule has 0 spiro atoms. The number of nitrogens with zero attached hydrogens (tertiary/aromatic N) is 2. The second-order valence-electron chi connectivity index (χ2n) is 18.4. The van der Waals surface area contributed by atoms with Gasteiger partial charge in [0, 0.05) is 49.0 Å². The van der Waals surface area contributed by atoms with E-state index in [0.29, 0.717) is 70.4 Å². The second kappa shape index (κ2) is 37.2. The molecule has 0 bridgehead atoms. The summed E-state index contributed by atoms with van der Waals surface area (Å²) in [6.45, 7) is 4.68. The molecule has 10 N–H and O–H groups in total. The Bertz CT molecular complexity index is 2790. The van der Waals surface area contributed by atoms with Crippen LogP contribution in [0.25, 0.3) is 11.1 Å². The summed E-state index contributed by atoms with van der Waals surface area (Å²) in [7, 11) is 0. The van der Waals surface area contributed by atoms with Crippen molar-refractivity contribution in [1.82, 2.24) is 30.4 Å². The van der Waals surface area contributed by atoms with Gasteiger partial charge in [-0.15, -0.1) is 0 Å². The zero-order valence-electron chi connectivity index (χ0n) is 45.7. The summed E-state index contributed by atoms with van der Waals surface area (Å²) in [6, 6.07) is 14.5. The van der Waals surface area contributed by atoms with Crippen LogP contribution >= 0.6 is 12.6 Å². The van der Waals surface area contributed by atoms with Crippen LogP contribution in [-0.2, 0) is 76.7 Å². The molecule has 4 rings (SSSR count). The molecule has 0 unspecified atom stereocenters. The maximum Gasteiger partial charge on any atom is 0.331 e. The number of carboxylic acids is 2. The highest BCUT2D eigenvalue weighted by atomic mass is 32.1. The number of halogens is 2. The molecule has 0 aliphatic rings. The number of nitrogens with two attached hydrogens (primary N) is 2. The van der Waals surface area contributed by atoms with Crippen molar-refractivity contribution in [2.45, 2.75) is 76.3 Å². The van der Waals surface area contributed by atoms with Gasteiger partial charge in [-0.3, -0.25) is 37.9 Å². The van der Waals surface area contributed by atoms with E-state index in [9.17, 15) is 47.1 Å². The summed E-state index contributed by atoms with van der Waals surface area (Å²) < 4.78 is 64.8. The van der Waals surface area contributed by atoms with Gasteiger partial charge in [-0.05, 0) is 48.6 Å². The summed E-state index contributed by atoms with van der Waals surface area (Å²) in [4.78, 5) is 100. The second-order valence-corrected chi connectivity index (χ2v) is 18.8. The fourth-order valence-electron chi connectivity index (χ4n) is 7.89. The first-order valence-corrected chi connectivity index (χ1v) is 27.1. The quantitative estimate of drug-likeness (QED) is 0.0220. The average Bonchev–Trinajstić information content (AvgIpc) is 2.25. The van der Waals surface area contributed by atoms with Crippen LogP contribution in [0.2, 0.25) is 0 Å². The Balaban J connectivity index is 1.00. The van der Waals surface area contributed by atoms with E-state index in [4.69, 9.17) is 50.1 Å². The molecule has 4 atom stereocenters. The van der Waals surface area contributed by atoms with E-state index in [0.717, 1.165) is 22.3 Å². The molecule has 0 fully saturated rings. The number of nitrogens with one attached hydrogen (secondary N) is 4. The van der Waals surface area contributed by atoms with Crippen molar-refractivity contribution >= 4 is 48.2 Å². The maximum absolute atomic E-state index is 14.9. The normalized spacial score (nSPS) is 12.7. The molecule has 24 nitrogen and oxygen atoms in total. The smallest absolute Gasteiger partial charge is 0.331 e. The summed E-state index contributed by atoms with van der Waals surface area (Å²) in [5.74, 6) is -7.21. The number of carbonyl (C=O) groups excluding carboxylic acids is 4. The van der Waals surface area contributed by atoms with Gasteiger partial charge in [0.2, 0.25) is 23.6 Å². The van der Waals surface area contributed by atoms with E-state index in [-0.39, 0.29) is 99.7 Å². The zero-order chi connectivity index (χ0) is 59.8. The van der Waals surface area contributed by atoms with Gasteiger partial charge in [0.25, 0.3) is 5.56 Å². The molecule has 4 aromatic rings. The molecule has 27 heteroatoms. The van der Waals surface area contributed by atoms with Crippen LogP contribution in [0.4, 0.5) is 8.78 Å². The van der Waals surface area contributed by atoms with Crippen molar-refractivity contribution in [1.29, 1.82) is 0 Å². The number of carboxylic acid groups (broad SMARTS) is 2. The zero-order valence-corrected chi connectivity index (χ0v) is 46.6. The Labute approximate surface area is 477 Å². The number of ether oxygens (including phenoxy) is 6. The number of carbonyl (C=O) groups is 6. The fraction of sp³-hybridized carbons (Fsp3) is 0.491. The highest BCUT2D eigenvalue weighted by molar-refractivity contribution is 7.80. The Kier molecular flexibility index (Phi) is 30.7. The van der Waals surface area contributed by atoms with Crippen molar-refractivity contribution in [3.8, 4) is 11.1 Å². The van der Waals surface area contributed by atoms with Gasteiger partial charge in [0.1, 0.15) is 23.7 Å². The topological polar surface area (TPSA) is 342 Å². The van der Waals surface area contributed by atoms with Crippen molar-refractivity contribution in [3.05, 3.63) is 128 Å². The van der Waals surface area contributed by atoms with Crippen LogP contribution in [0, 0.1) is 18.6 Å². The van der Waals surface area contributed by atoms with Crippen molar-refractivity contribution in [2.75, 3.05) is 98.1 Å². The summed E-state index contributed by atoms with van der Waals surface area (Å²) in [5, 5.41) is 27.9. The number of rotatable bonds is 41. The number of benzene rings is 3. The number of aromatic nitrogens is 2. The number of amides is 4. The van der Waals surface area contributed by atoms with E-state index < -0.39 is 83.8 Å². The van der Waals surface area contributed by atoms with Crippen molar-refractivity contribution in [2.24, 2.45) is 11.5 Å². The first kappa shape index (κ1) is 67.6. The third-order valence-electron chi connectivity index (χ3n) is 12.4. The van der Waals surface area contributed by atoms with Crippen molar-refractivity contribution < 1.29 is 76.2 Å². The standard InChI is InChI=1S/C55H74F2N8O16S/c1-36-50(53(72)65(34-44(59)38-8-3-2-4-9-38)55(75)64(36)33-40-41(56)11-6-12-42(40)57)39-10-5-7-37(31-39)13-14-47(66)61-18-20-77-22-24-79-26-28-81-30-29-80-27-25-78-23-21-76-19-16-48(67)60-17-15-43(58)51(70)62-45(32-49(68)69)52(71)63-46(35-82)54(73)74/h2-12,31,43-46,82H,13-30,32-35,58-59H2,1H3,(H,60,67)(H,61,66)(H,62,70)(H,63,71)(H,68,69)(H,73,74)/t43-,44-,45-,46-/m0/s1. The Morgan fingerprint density at radius 1 is 0.646 bits per heavy atom. The maximum atomic E-state index is 14.9. The molecule has 0 saturated carbocycles. The Morgan fingerprint density at radius 2 is 1.18 bits per heavy atom. The van der Waals surface area contributed by atoms with Gasteiger partial charge in [0.05, 0.1) is 110 Å². The molecule has 0 aliphatic heterocycles. The van der Waals surface area contributed by atoms with Gasteiger partial charge in [-0.25, -0.2) is 18.4 Å². The summed E-state index contributed by atoms with van der Waals surface area (Å²) >= 11 is 3.83. The predicted molar refractivity (Wildman–Crippen MR) is 298 cm³/mol. The third-order valence-corrected chi connectivity index (χ3v) is 12.7. The van der Waals surface area contributed by atoms with Crippen LogP contribution in [0.15, 0.2) is 82.4 Å². The molecule has 0 saturated heterocycles. The van der Waals surface area contributed by atoms with E-state index in [1.165, 1.54) is 10.6 Å². The van der Waals surface area contributed by atoms with Gasteiger partial charge >= 0.3 is 17.6 Å². The van der Waals surface area contributed by atoms with E-state index in [2.05, 4.69) is 33.9 Å². The lowest BCUT2D eigenvalue weighted by molar-refractivity contribution is -0.143. The molecule has 3 aromatic carbocycles. The van der Waals surface area contributed by atoms with Crippen LogP contribution in [0.5, 0.6) is 0 Å². The molecule has 4 amide bonds. The minimum absolute atomic E-state index is 0.00397. The SMILES string of the molecule is Cc1c(-c2cccc(CCC(=O)NCCOCCOCCOCCOCCOCCOCCC(=O)NCC[C@H](N)C(=O)N[C@@H](CC(=O)O)C(=O)N[C@@H](CS)C(=O)O)c2)c(=O)n(C[C@H](N)c2ccccc2)c(=O)n1Cc1c(F)cccc1F. The monoisotopic (exact) mass is 1170 g/mol. The van der Waals surface area contributed by atoms with Crippen molar-refractivity contribution in [3.63, 3.8) is 0 Å². The minimum Gasteiger partial charge on any atom is -0.481 e. The van der Waals surface area contributed by atoms with Gasteiger partial charge in [-0.1, -0.05) is 60.7 Å². The molecule has 450 valence electrons. The van der Waals surface area contributed by atoms with Crippen LogP contribution < -0.4 is 44.0 Å². The molecule has 82 heavy (non-hydrogen) atoms. The predicted octanol–water partition coefficient (Wildman–Crippen LogP) is 0.843. The van der Waals surface area contributed by atoms with Crippen LogP contribution in [0.1, 0.15) is 54.1 Å². The van der Waals surface area contributed by atoms with Gasteiger partial charge < -0.3 is 71.4 Å². The number of aryl methyl sites for hydroxylation is 1. The lowest BCUT2D eigenvalue weighted by atomic mass is 10.00. The highest BCUT2D eigenvalue weighted by Crippen LogP contribution is 2.23. The molecule has 0 aliphatic carbocycles. The fourth-order valence-corrected chi connectivity index (χ4v) is 8.14. The van der Waals surface area contributed by atoms with Crippen LogP contribution in [-0.4, -0.2) is 171 Å². The van der Waals surface area contributed by atoms with E-state index in [1.54, 1.807) is 49.4 Å². The molecule has 1 heterocycles. The highest BCUT2D eigenvalue weighted by Gasteiger charge is 2.29. The third kappa shape index (κ3) is 23.9. The summed E-state index contributed by atoms with van der Waals surface area (Å²) in [5.41, 5.74) is 12.9. The number of hydrogen-bond donors (Lipinski definition) is 9. The Hall–Kier alpha value is -6.95. The molecular formula is C55H74F2N8O16S. The largest absolute Gasteiger partial charge is 0.481 e. The molecule has 1 aromatic heterocycles. The lowest BCUT2D eigenvalue weighted by Gasteiger charge is -2.21. The van der Waals surface area contributed by atoms with Gasteiger partial charge in [0.15, 0.2) is 0 Å². The van der Waals surface area contributed by atoms with Gasteiger partial charge in [-0.2, -0.15) is 12.6 Å². The first-order chi connectivity index (χ1) is 39.4. The average molecular weight is 1170 g/mol. The Morgan fingerprint density at radius 3 is 1.76 bits per heavy atom. The number of hydrogen-bond acceptors (Lipinski definition) is 17. The molecular weight excluding hydrogens is 1100 g/mol. The van der Waals surface area contributed by atoms with E-state index >= 15 is 0 Å².